The summed E-state index contributed by atoms with van der Waals surface area (Å²) in [4.78, 5) is 8.88. The van der Waals surface area contributed by atoms with E-state index in [1.165, 1.54) is 6.07 Å². The summed E-state index contributed by atoms with van der Waals surface area (Å²) in [5, 5.41) is 3.83. The summed E-state index contributed by atoms with van der Waals surface area (Å²) in [6.45, 7) is 3.54. The molecule has 2 heterocycles. The molecule has 0 saturated heterocycles. The minimum Gasteiger partial charge on any atom is -0.452 e. The largest absolute Gasteiger partial charge is 0.452 e. The van der Waals surface area contributed by atoms with Crippen LogP contribution in [0, 0.1) is 6.92 Å². The molecule has 0 spiro atoms. The lowest BCUT2D eigenvalue weighted by atomic mass is 10.0. The summed E-state index contributed by atoms with van der Waals surface area (Å²) in [6.07, 6.45) is -4.48. The normalized spacial score (nSPS) is 14.3. The van der Waals surface area contributed by atoms with Crippen molar-refractivity contribution in [1.29, 1.82) is 0 Å². The highest BCUT2D eigenvalue weighted by Gasteiger charge is 2.31. The van der Waals surface area contributed by atoms with Gasteiger partial charge in [0.1, 0.15) is 17.2 Å². The van der Waals surface area contributed by atoms with E-state index in [4.69, 9.17) is 15.2 Å². The van der Waals surface area contributed by atoms with Gasteiger partial charge in [-0.05, 0) is 59.6 Å². The molecule has 6 nitrogen and oxygen atoms in total. The maximum absolute atomic E-state index is 13.1. The first-order chi connectivity index (χ1) is 13.6. The smallest absolute Gasteiger partial charge is 0.416 e. The highest BCUT2D eigenvalue weighted by Crippen LogP contribution is 2.45. The minimum absolute atomic E-state index is 0.0401. The maximum atomic E-state index is 13.1. The number of nitrogens with one attached hydrogen (secondary N) is 1. The van der Waals surface area contributed by atoms with Crippen LogP contribution in [0.15, 0.2) is 28.7 Å². The average molecular weight is 469 g/mol. The first-order valence-corrected chi connectivity index (χ1v) is 9.43. The van der Waals surface area contributed by atoms with Gasteiger partial charge in [-0.2, -0.15) is 13.2 Å². The quantitative estimate of drug-likeness (QED) is 0.513. The molecule has 0 radical (unpaired) electrons. The first kappa shape index (κ1) is 19.6. The summed E-state index contributed by atoms with van der Waals surface area (Å²) < 4.78 is 51.1. The Morgan fingerprint density at radius 1 is 1.14 bits per heavy atom. The van der Waals surface area contributed by atoms with Crippen LogP contribution in [0.2, 0.25) is 0 Å². The van der Waals surface area contributed by atoms with Crippen LogP contribution >= 0.6 is 15.9 Å². The molecule has 10 heteroatoms. The lowest BCUT2D eigenvalue weighted by Crippen LogP contribution is -2.13. The molecule has 4 rings (SSSR count). The maximum Gasteiger partial charge on any atom is 0.416 e. The number of aromatic nitrogens is 2. The molecule has 0 amide bonds. The Kier molecular flexibility index (Phi) is 4.68. The van der Waals surface area contributed by atoms with Gasteiger partial charge < -0.3 is 20.5 Å². The van der Waals surface area contributed by atoms with Gasteiger partial charge in [0.15, 0.2) is 11.5 Å². The number of benzene rings is 2. The number of hydrogen-bond donors (Lipinski definition) is 2. The van der Waals surface area contributed by atoms with E-state index in [-0.39, 0.29) is 12.5 Å². The van der Waals surface area contributed by atoms with Crippen LogP contribution in [0.1, 0.15) is 29.9 Å². The van der Waals surface area contributed by atoms with Crippen LogP contribution < -0.4 is 20.5 Å². The Hall–Kier alpha value is -2.75. The van der Waals surface area contributed by atoms with Gasteiger partial charge in [-0.3, -0.25) is 0 Å². The molecular weight excluding hydrogens is 453 g/mol. The molecule has 0 bridgehead atoms. The fourth-order valence-corrected chi connectivity index (χ4v) is 3.73. The van der Waals surface area contributed by atoms with Crippen LogP contribution in [-0.2, 0) is 6.18 Å². The summed E-state index contributed by atoms with van der Waals surface area (Å²) in [5.41, 5.74) is 5.89. The number of nitrogen functional groups attached to an aromatic ring is 1. The van der Waals surface area contributed by atoms with Crippen molar-refractivity contribution in [2.75, 3.05) is 17.8 Å². The zero-order valence-electron chi connectivity index (χ0n) is 15.4. The van der Waals surface area contributed by atoms with Crippen molar-refractivity contribution in [2.24, 2.45) is 0 Å². The predicted octanol–water partition coefficient (Wildman–Crippen LogP) is 5.20. The summed E-state index contributed by atoms with van der Waals surface area (Å²) in [7, 11) is 0. The fourth-order valence-electron chi connectivity index (χ4n) is 3.20. The molecule has 0 aliphatic carbocycles. The Balaban J connectivity index is 1.77. The first-order valence-electron chi connectivity index (χ1n) is 8.64. The summed E-state index contributed by atoms with van der Waals surface area (Å²) in [5.74, 6) is 2.00. The number of alkyl halides is 3. The minimum atomic E-state index is -4.48. The van der Waals surface area contributed by atoms with Crippen LogP contribution in [0.4, 0.5) is 24.7 Å². The second kappa shape index (κ2) is 6.94. The molecule has 1 atom stereocenters. The topological polar surface area (TPSA) is 82.3 Å². The monoisotopic (exact) mass is 468 g/mol. The molecule has 1 aliphatic rings. The molecule has 29 heavy (non-hydrogen) atoms. The van der Waals surface area contributed by atoms with Crippen molar-refractivity contribution in [3.63, 3.8) is 0 Å². The Labute approximate surface area is 172 Å². The molecule has 152 valence electrons. The Bertz CT molecular complexity index is 1120. The van der Waals surface area contributed by atoms with Crippen LogP contribution in [0.5, 0.6) is 11.5 Å². The van der Waals surface area contributed by atoms with Crippen LogP contribution in [-0.4, -0.2) is 16.8 Å². The van der Waals surface area contributed by atoms with Crippen molar-refractivity contribution < 1.29 is 22.6 Å². The Morgan fingerprint density at radius 3 is 2.59 bits per heavy atom. The van der Waals surface area contributed by atoms with E-state index in [1.54, 1.807) is 19.9 Å². The molecule has 0 fully saturated rings. The summed E-state index contributed by atoms with van der Waals surface area (Å²) in [6, 6.07) is 4.79. The lowest BCUT2D eigenvalue weighted by molar-refractivity contribution is -0.137. The number of ether oxygens (including phenoxy) is 2. The number of rotatable bonds is 3. The molecule has 0 saturated carbocycles. The summed E-state index contributed by atoms with van der Waals surface area (Å²) >= 11 is 3.44. The number of anilines is 2. The van der Waals surface area contributed by atoms with E-state index >= 15 is 0 Å². The van der Waals surface area contributed by atoms with Crippen molar-refractivity contribution in [3.05, 3.63) is 45.7 Å². The second-order valence-corrected chi connectivity index (χ2v) is 7.55. The van der Waals surface area contributed by atoms with Gasteiger partial charge in [0, 0.05) is 11.1 Å². The molecule has 1 aliphatic heterocycles. The third-order valence-corrected chi connectivity index (χ3v) is 5.12. The highest BCUT2D eigenvalue weighted by atomic mass is 79.9. The van der Waals surface area contributed by atoms with E-state index in [2.05, 4.69) is 31.2 Å². The standard InChI is InChI=1S/C19H16BrF3N4O2/c1-8(10-3-11(19(21,22)23)5-12(24)4-10)25-18-13-6-14(20)16-17(29-7-28-16)15(13)26-9(2)27-18/h3-6,8H,7,24H2,1-2H3,(H,25,26,27)/t8-/m1/s1. The third-order valence-electron chi connectivity index (χ3n) is 4.53. The molecule has 2 aromatic carbocycles. The number of nitrogens with zero attached hydrogens (tertiary/aromatic N) is 2. The van der Waals surface area contributed by atoms with Gasteiger partial charge in [0.25, 0.3) is 0 Å². The molecule has 3 N–H and O–H groups in total. The number of aryl methyl sites for hydroxylation is 1. The fraction of sp³-hybridized carbons (Fsp3) is 0.263. The third kappa shape index (κ3) is 3.64. The van der Waals surface area contributed by atoms with E-state index < -0.39 is 17.8 Å². The Morgan fingerprint density at radius 2 is 1.86 bits per heavy atom. The van der Waals surface area contributed by atoms with Crippen LogP contribution in [0.3, 0.4) is 0 Å². The average Bonchev–Trinajstić information content (AvgIpc) is 3.12. The second-order valence-electron chi connectivity index (χ2n) is 6.69. The number of halogens is 4. The molecular formula is C19H16BrF3N4O2. The van der Waals surface area contributed by atoms with Gasteiger partial charge in [-0.1, -0.05) is 0 Å². The molecule has 0 unspecified atom stereocenters. The zero-order valence-corrected chi connectivity index (χ0v) is 17.0. The molecule has 3 aromatic rings. The van der Waals surface area contributed by atoms with Crippen LogP contribution in [0.25, 0.3) is 10.9 Å². The lowest BCUT2D eigenvalue weighted by Gasteiger charge is -2.19. The van der Waals surface area contributed by atoms with E-state index in [1.807, 2.05) is 0 Å². The number of fused-ring (bicyclic) bond motifs is 3. The van der Waals surface area contributed by atoms with Crippen molar-refractivity contribution in [3.8, 4) is 11.5 Å². The van der Waals surface area contributed by atoms with Gasteiger partial charge in [0.05, 0.1) is 16.1 Å². The zero-order chi connectivity index (χ0) is 20.9. The van der Waals surface area contributed by atoms with E-state index in [0.717, 1.165) is 12.1 Å². The van der Waals surface area contributed by atoms with Gasteiger partial charge in [0.2, 0.25) is 6.79 Å². The van der Waals surface area contributed by atoms with E-state index in [0.29, 0.717) is 44.1 Å². The SMILES string of the molecule is Cc1nc(N[C@H](C)c2cc(N)cc(C(F)(F)F)c2)c2cc(Br)c3c(c2n1)OCO3. The van der Waals surface area contributed by atoms with Gasteiger partial charge >= 0.3 is 6.18 Å². The molecule has 1 aromatic heterocycles. The van der Waals surface area contributed by atoms with Crippen molar-refractivity contribution in [2.45, 2.75) is 26.1 Å². The highest BCUT2D eigenvalue weighted by molar-refractivity contribution is 9.10. The van der Waals surface area contributed by atoms with Crippen molar-refractivity contribution in [1.82, 2.24) is 9.97 Å². The van der Waals surface area contributed by atoms with Crippen molar-refractivity contribution >= 4 is 38.3 Å². The van der Waals surface area contributed by atoms with Gasteiger partial charge in [-0.15, -0.1) is 0 Å². The number of hydrogen-bond acceptors (Lipinski definition) is 6. The van der Waals surface area contributed by atoms with Gasteiger partial charge in [-0.25, -0.2) is 9.97 Å². The number of nitrogens with two attached hydrogens (primary N) is 1. The van der Waals surface area contributed by atoms with E-state index in [9.17, 15) is 13.2 Å². The predicted molar refractivity (Wildman–Crippen MR) is 106 cm³/mol.